The molecule has 0 unspecified atom stereocenters. The van der Waals surface area contributed by atoms with Crippen LogP contribution in [0.1, 0.15) is 33.7 Å². The highest BCUT2D eigenvalue weighted by molar-refractivity contribution is 5.94. The van der Waals surface area contributed by atoms with Gasteiger partial charge in [-0.25, -0.2) is 0 Å². The monoisotopic (exact) mass is 428 g/mol. The molecule has 0 spiro atoms. The van der Waals surface area contributed by atoms with Gasteiger partial charge in [0.25, 0.3) is 5.91 Å². The summed E-state index contributed by atoms with van der Waals surface area (Å²) in [6.45, 7) is 6.12. The lowest BCUT2D eigenvalue weighted by atomic mass is 10.0. The first kappa shape index (κ1) is 21.6. The highest BCUT2D eigenvalue weighted by atomic mass is 16.5. The number of aryl methyl sites for hydroxylation is 2. The Morgan fingerprint density at radius 3 is 2.74 bits per heavy atom. The van der Waals surface area contributed by atoms with Gasteiger partial charge in [-0.05, 0) is 24.6 Å². The molecule has 2 amide bonds. The predicted molar refractivity (Wildman–Crippen MR) is 116 cm³/mol. The second-order valence-corrected chi connectivity index (χ2v) is 8.39. The molecular formula is C22H32N6O3. The number of aromatic nitrogens is 3. The summed E-state index contributed by atoms with van der Waals surface area (Å²) in [4.78, 5) is 29.8. The summed E-state index contributed by atoms with van der Waals surface area (Å²) in [5.74, 6) is -0.0752. The number of carbonyl (C=O) groups excluding carboxylic acids is 2. The lowest BCUT2D eigenvalue weighted by molar-refractivity contribution is -0.131. The van der Waals surface area contributed by atoms with E-state index in [1.54, 1.807) is 4.68 Å². The smallest absolute Gasteiger partial charge is 0.272 e. The first-order chi connectivity index (χ1) is 15.0. The van der Waals surface area contributed by atoms with Gasteiger partial charge in [0.2, 0.25) is 5.91 Å². The van der Waals surface area contributed by atoms with E-state index in [2.05, 4.69) is 15.3 Å². The zero-order chi connectivity index (χ0) is 21.8. The SMILES string of the molecule is Cn1ccc(CC(=O)N2CCc3c(c(C(=O)NCCCN4CCOCC4)nn3C)C2)c1. The van der Waals surface area contributed by atoms with Gasteiger partial charge in [-0.15, -0.1) is 0 Å². The molecule has 0 atom stereocenters. The summed E-state index contributed by atoms with van der Waals surface area (Å²) >= 11 is 0. The van der Waals surface area contributed by atoms with Crippen LogP contribution in [0.25, 0.3) is 0 Å². The maximum absolute atomic E-state index is 12.8. The van der Waals surface area contributed by atoms with Gasteiger partial charge in [-0.1, -0.05) is 0 Å². The molecule has 4 heterocycles. The minimum atomic E-state index is -0.156. The van der Waals surface area contributed by atoms with Gasteiger partial charge >= 0.3 is 0 Å². The lowest BCUT2D eigenvalue weighted by Crippen LogP contribution is -2.39. The van der Waals surface area contributed by atoms with Crippen molar-refractivity contribution in [1.82, 2.24) is 29.5 Å². The van der Waals surface area contributed by atoms with Gasteiger partial charge in [-0.3, -0.25) is 19.2 Å². The molecule has 1 saturated heterocycles. The van der Waals surface area contributed by atoms with Crippen LogP contribution >= 0.6 is 0 Å². The van der Waals surface area contributed by atoms with Gasteiger partial charge in [0.15, 0.2) is 5.69 Å². The maximum atomic E-state index is 12.8. The molecule has 2 aliphatic rings. The summed E-state index contributed by atoms with van der Waals surface area (Å²) in [6.07, 6.45) is 5.89. The lowest BCUT2D eigenvalue weighted by Gasteiger charge is -2.27. The van der Waals surface area contributed by atoms with Crippen LogP contribution in [-0.2, 0) is 43.0 Å². The van der Waals surface area contributed by atoms with Crippen molar-refractivity contribution < 1.29 is 14.3 Å². The maximum Gasteiger partial charge on any atom is 0.272 e. The molecule has 1 N–H and O–H groups in total. The van der Waals surface area contributed by atoms with Crippen molar-refractivity contribution in [2.75, 3.05) is 45.9 Å². The number of ether oxygens (including phenoxy) is 1. The molecule has 9 nitrogen and oxygen atoms in total. The fourth-order valence-electron chi connectivity index (χ4n) is 4.35. The number of hydrogen-bond donors (Lipinski definition) is 1. The van der Waals surface area contributed by atoms with E-state index in [1.807, 2.05) is 42.0 Å². The van der Waals surface area contributed by atoms with Crippen LogP contribution in [0.3, 0.4) is 0 Å². The predicted octanol–water partition coefficient (Wildman–Crippen LogP) is 0.338. The van der Waals surface area contributed by atoms with Crippen molar-refractivity contribution in [3.05, 3.63) is 41.0 Å². The van der Waals surface area contributed by atoms with E-state index in [9.17, 15) is 9.59 Å². The van der Waals surface area contributed by atoms with E-state index >= 15 is 0 Å². The molecule has 0 bridgehead atoms. The highest BCUT2D eigenvalue weighted by Gasteiger charge is 2.29. The summed E-state index contributed by atoms with van der Waals surface area (Å²) in [6, 6.07) is 1.97. The molecule has 0 saturated carbocycles. The van der Waals surface area contributed by atoms with Crippen molar-refractivity contribution in [3.63, 3.8) is 0 Å². The molecule has 0 aliphatic carbocycles. The summed E-state index contributed by atoms with van der Waals surface area (Å²) in [5.41, 5.74) is 3.37. The van der Waals surface area contributed by atoms with E-state index in [0.29, 0.717) is 38.2 Å². The van der Waals surface area contributed by atoms with Crippen LogP contribution in [0.5, 0.6) is 0 Å². The number of morpholine rings is 1. The van der Waals surface area contributed by atoms with E-state index in [0.717, 1.165) is 56.1 Å². The Hall–Kier alpha value is -2.65. The number of nitrogens with zero attached hydrogens (tertiary/aromatic N) is 5. The largest absolute Gasteiger partial charge is 0.379 e. The second-order valence-electron chi connectivity index (χ2n) is 8.39. The number of nitrogens with one attached hydrogen (secondary N) is 1. The van der Waals surface area contributed by atoms with E-state index < -0.39 is 0 Å². The first-order valence-electron chi connectivity index (χ1n) is 11.0. The molecule has 2 aromatic rings. The summed E-state index contributed by atoms with van der Waals surface area (Å²) in [5, 5.41) is 7.49. The molecule has 9 heteroatoms. The number of rotatable bonds is 7. The Bertz CT molecular complexity index is 928. The average Bonchev–Trinajstić information content (AvgIpc) is 3.34. The molecule has 2 aliphatic heterocycles. The van der Waals surface area contributed by atoms with Crippen molar-refractivity contribution in [2.45, 2.75) is 25.8 Å². The Kier molecular flexibility index (Phi) is 6.72. The quantitative estimate of drug-likeness (QED) is 0.643. The van der Waals surface area contributed by atoms with Gasteiger partial charge in [0, 0.05) is 76.9 Å². The van der Waals surface area contributed by atoms with E-state index in [4.69, 9.17) is 4.74 Å². The molecule has 0 aromatic carbocycles. The molecule has 0 radical (unpaired) electrons. The van der Waals surface area contributed by atoms with Crippen LogP contribution in [0.4, 0.5) is 0 Å². The highest BCUT2D eigenvalue weighted by Crippen LogP contribution is 2.23. The van der Waals surface area contributed by atoms with Gasteiger partial charge in [-0.2, -0.15) is 5.10 Å². The van der Waals surface area contributed by atoms with Crippen molar-refractivity contribution in [2.24, 2.45) is 14.1 Å². The van der Waals surface area contributed by atoms with Crippen LogP contribution in [0.2, 0.25) is 0 Å². The molecular weight excluding hydrogens is 396 g/mol. The van der Waals surface area contributed by atoms with Crippen LogP contribution in [0.15, 0.2) is 18.5 Å². The van der Waals surface area contributed by atoms with Gasteiger partial charge < -0.3 is 19.5 Å². The molecule has 1 fully saturated rings. The van der Waals surface area contributed by atoms with Crippen LogP contribution in [0, 0.1) is 0 Å². The second kappa shape index (κ2) is 9.65. The Morgan fingerprint density at radius 2 is 2.00 bits per heavy atom. The Balaban J connectivity index is 1.33. The molecule has 4 rings (SSSR count). The Labute approximate surface area is 182 Å². The normalized spacial score (nSPS) is 16.9. The zero-order valence-electron chi connectivity index (χ0n) is 18.5. The average molecular weight is 429 g/mol. The van der Waals surface area contributed by atoms with Gasteiger partial charge in [0.05, 0.1) is 19.6 Å². The third-order valence-electron chi connectivity index (χ3n) is 6.10. The van der Waals surface area contributed by atoms with Crippen molar-refractivity contribution in [1.29, 1.82) is 0 Å². The van der Waals surface area contributed by atoms with Gasteiger partial charge in [0.1, 0.15) is 0 Å². The topological polar surface area (TPSA) is 84.6 Å². The summed E-state index contributed by atoms with van der Waals surface area (Å²) < 4.78 is 9.10. The third-order valence-corrected chi connectivity index (χ3v) is 6.10. The first-order valence-corrected chi connectivity index (χ1v) is 11.0. The number of hydrogen-bond acceptors (Lipinski definition) is 5. The number of fused-ring (bicyclic) bond motifs is 1. The van der Waals surface area contributed by atoms with Crippen LogP contribution < -0.4 is 5.32 Å². The standard InChI is InChI=1S/C22H32N6O3/c1-25-8-4-17(15-25)14-20(29)28-9-5-19-18(16-28)21(24-26(19)2)22(30)23-6-3-7-27-10-12-31-13-11-27/h4,8,15H,3,5-7,9-14,16H2,1-2H3,(H,23,30). The minimum absolute atomic E-state index is 0.0811. The van der Waals surface area contributed by atoms with Crippen molar-refractivity contribution in [3.8, 4) is 0 Å². The Morgan fingerprint density at radius 1 is 1.19 bits per heavy atom. The molecule has 2 aromatic heterocycles. The van der Waals surface area contributed by atoms with E-state index in [-0.39, 0.29) is 11.8 Å². The molecule has 168 valence electrons. The number of amides is 2. The zero-order valence-corrected chi connectivity index (χ0v) is 18.5. The minimum Gasteiger partial charge on any atom is -0.379 e. The molecule has 31 heavy (non-hydrogen) atoms. The van der Waals surface area contributed by atoms with Crippen LogP contribution in [-0.4, -0.2) is 81.9 Å². The fourth-order valence-corrected chi connectivity index (χ4v) is 4.35. The third kappa shape index (κ3) is 5.16. The van der Waals surface area contributed by atoms with E-state index in [1.165, 1.54) is 0 Å². The fraction of sp³-hybridized carbons (Fsp3) is 0.591. The van der Waals surface area contributed by atoms with Crippen molar-refractivity contribution >= 4 is 11.8 Å². The number of carbonyl (C=O) groups is 2. The summed E-state index contributed by atoms with van der Waals surface area (Å²) in [7, 11) is 3.82.